The van der Waals surface area contributed by atoms with Gasteiger partial charge in [0.1, 0.15) is 36.2 Å². The van der Waals surface area contributed by atoms with Gasteiger partial charge in [-0.3, -0.25) is 24.1 Å². The molecular weight excluding hydrogens is 626 g/mol. The zero-order valence-electron chi connectivity index (χ0n) is 28.0. The number of carbonyl (C=O) groups excluding carboxylic acids is 3. The van der Waals surface area contributed by atoms with Crippen LogP contribution < -0.4 is 25.8 Å². The highest BCUT2D eigenvalue weighted by Gasteiger charge is 2.37. The Morgan fingerprint density at radius 1 is 1.12 bits per heavy atom. The van der Waals surface area contributed by atoms with Gasteiger partial charge in [0.2, 0.25) is 11.8 Å². The van der Waals surface area contributed by atoms with Crippen LogP contribution in [0.5, 0.6) is 5.88 Å². The van der Waals surface area contributed by atoms with Crippen LogP contribution in [0.1, 0.15) is 48.1 Å². The number of aryl methyl sites for hydroxylation is 1. The van der Waals surface area contributed by atoms with E-state index in [1.165, 1.54) is 28.8 Å². The molecule has 6 rings (SSSR count). The first-order chi connectivity index (χ1) is 23.4. The molecule has 5 heterocycles. The molecule has 0 unspecified atom stereocenters. The molecule has 49 heavy (non-hydrogen) atoms. The number of nitrogens with zero attached hydrogens (tertiary/aromatic N) is 5. The van der Waals surface area contributed by atoms with Crippen molar-refractivity contribution in [3.63, 3.8) is 0 Å². The van der Waals surface area contributed by atoms with E-state index in [4.69, 9.17) is 9.47 Å². The maximum atomic E-state index is 14.0. The summed E-state index contributed by atoms with van der Waals surface area (Å²) in [6, 6.07) is 10.6. The highest BCUT2D eigenvalue weighted by molar-refractivity contribution is 6.06. The predicted octanol–water partition coefficient (Wildman–Crippen LogP) is 3.92. The van der Waals surface area contributed by atoms with Crippen molar-refractivity contribution in [2.45, 2.75) is 46.8 Å². The van der Waals surface area contributed by atoms with E-state index >= 15 is 0 Å². The lowest BCUT2D eigenvalue weighted by molar-refractivity contribution is -0.142. The normalized spacial score (nSPS) is 14.5. The third-order valence-electron chi connectivity index (χ3n) is 8.65. The molecule has 0 bridgehead atoms. The standard InChI is InChI=1S/C36H39N7O6/c1-6-31(45)37-12-15-48-32-9-7-8-30(40-32)39-27-16-24(20-41(5)34(27)46)25-10-11-38-33(26(25)21-49-22(2)44)43-14-13-42-28(35(43)47)17-23-18-36(3,4)19-29(23)42/h6-11,16-17,20H,1,12-15,18-19,21H2,2-5H3,(H,37,45)(H,39,40). The lowest BCUT2D eigenvalue weighted by atomic mass is 9.90. The molecule has 4 aromatic heterocycles. The van der Waals surface area contributed by atoms with E-state index in [1.54, 1.807) is 54.7 Å². The monoisotopic (exact) mass is 665 g/mol. The number of ether oxygens (including phenoxy) is 2. The maximum absolute atomic E-state index is 14.0. The van der Waals surface area contributed by atoms with Gasteiger partial charge in [-0.1, -0.05) is 26.5 Å². The molecule has 4 aromatic rings. The van der Waals surface area contributed by atoms with Crippen LogP contribution in [0.25, 0.3) is 11.1 Å². The molecule has 0 saturated heterocycles. The summed E-state index contributed by atoms with van der Waals surface area (Å²) in [6.45, 7) is 10.6. The number of amides is 2. The Kier molecular flexibility index (Phi) is 9.09. The number of hydrogen-bond donors (Lipinski definition) is 2. The Morgan fingerprint density at radius 2 is 1.94 bits per heavy atom. The molecule has 1 aliphatic heterocycles. The third-order valence-corrected chi connectivity index (χ3v) is 8.65. The number of esters is 1. The summed E-state index contributed by atoms with van der Waals surface area (Å²) in [4.78, 5) is 61.4. The molecule has 13 heteroatoms. The van der Waals surface area contributed by atoms with Gasteiger partial charge in [0.25, 0.3) is 11.5 Å². The van der Waals surface area contributed by atoms with Crippen LogP contribution >= 0.6 is 0 Å². The van der Waals surface area contributed by atoms with Crippen LogP contribution in [0, 0.1) is 5.41 Å². The van der Waals surface area contributed by atoms with E-state index in [9.17, 15) is 19.2 Å². The Labute approximate surface area is 283 Å². The summed E-state index contributed by atoms with van der Waals surface area (Å²) in [7, 11) is 1.64. The Balaban J connectivity index is 1.31. The van der Waals surface area contributed by atoms with Crippen molar-refractivity contribution in [2.75, 3.05) is 29.9 Å². The highest BCUT2D eigenvalue weighted by atomic mass is 16.5. The van der Waals surface area contributed by atoms with Crippen molar-refractivity contribution >= 4 is 35.1 Å². The number of carbonyl (C=O) groups is 3. The summed E-state index contributed by atoms with van der Waals surface area (Å²) < 4.78 is 14.7. The Bertz CT molecular complexity index is 2030. The van der Waals surface area contributed by atoms with Gasteiger partial charge in [-0.25, -0.2) is 4.98 Å². The van der Waals surface area contributed by atoms with Gasteiger partial charge < -0.3 is 29.2 Å². The second kappa shape index (κ2) is 13.4. The van der Waals surface area contributed by atoms with E-state index in [0.29, 0.717) is 53.0 Å². The Morgan fingerprint density at radius 3 is 2.71 bits per heavy atom. The van der Waals surface area contributed by atoms with Gasteiger partial charge in [-0.05, 0) is 59.7 Å². The van der Waals surface area contributed by atoms with Gasteiger partial charge in [0.15, 0.2) is 0 Å². The van der Waals surface area contributed by atoms with Crippen molar-refractivity contribution in [1.82, 2.24) is 24.4 Å². The van der Waals surface area contributed by atoms with Crippen LogP contribution in [0.4, 0.5) is 17.3 Å². The first-order valence-electron chi connectivity index (χ1n) is 16.1. The van der Waals surface area contributed by atoms with Crippen LogP contribution in [-0.4, -0.2) is 56.6 Å². The first kappa shape index (κ1) is 33.2. The van der Waals surface area contributed by atoms with Crippen LogP contribution in [-0.2, 0) is 47.4 Å². The molecule has 254 valence electrons. The topological polar surface area (TPSA) is 150 Å². The number of pyridine rings is 3. The van der Waals surface area contributed by atoms with E-state index in [1.807, 2.05) is 6.07 Å². The SMILES string of the molecule is C=CC(=O)NCCOc1cccc(Nc2cc(-c3ccnc(N4CCn5c(cc6c5CC(C)(C)C6)C4=O)c3COC(C)=O)cn(C)c2=O)n1. The zero-order valence-corrected chi connectivity index (χ0v) is 28.0. The highest BCUT2D eigenvalue weighted by Crippen LogP contribution is 2.40. The van der Waals surface area contributed by atoms with Crippen LogP contribution in [0.15, 0.2) is 66.2 Å². The minimum absolute atomic E-state index is 0.122. The largest absolute Gasteiger partial charge is 0.476 e. The van der Waals surface area contributed by atoms with E-state index in [2.05, 4.69) is 45.6 Å². The minimum atomic E-state index is -0.474. The zero-order chi connectivity index (χ0) is 34.9. The Hall–Kier alpha value is -5.72. The smallest absolute Gasteiger partial charge is 0.302 e. The average molecular weight is 666 g/mol. The van der Waals surface area contributed by atoms with Crippen molar-refractivity contribution in [3.8, 4) is 17.0 Å². The maximum Gasteiger partial charge on any atom is 0.302 e. The lowest BCUT2D eigenvalue weighted by Gasteiger charge is -2.31. The average Bonchev–Trinajstić information content (AvgIpc) is 3.56. The summed E-state index contributed by atoms with van der Waals surface area (Å²) >= 11 is 0. The number of aromatic nitrogens is 4. The molecule has 2 N–H and O–H groups in total. The van der Waals surface area contributed by atoms with Gasteiger partial charge >= 0.3 is 5.97 Å². The summed E-state index contributed by atoms with van der Waals surface area (Å²) in [5, 5.41) is 5.73. The van der Waals surface area contributed by atoms with Gasteiger partial charge in [-0.2, -0.15) is 4.98 Å². The van der Waals surface area contributed by atoms with Crippen LogP contribution in [0.2, 0.25) is 0 Å². The molecule has 0 fully saturated rings. The molecule has 0 radical (unpaired) electrons. The minimum Gasteiger partial charge on any atom is -0.476 e. The number of hydrogen-bond acceptors (Lipinski definition) is 9. The van der Waals surface area contributed by atoms with Gasteiger partial charge in [0, 0.05) is 62.3 Å². The quantitative estimate of drug-likeness (QED) is 0.138. The molecule has 0 saturated carbocycles. The second-order valence-corrected chi connectivity index (χ2v) is 13.0. The predicted molar refractivity (Wildman–Crippen MR) is 184 cm³/mol. The van der Waals surface area contributed by atoms with E-state index in [0.717, 1.165) is 12.8 Å². The molecule has 13 nitrogen and oxygen atoms in total. The fourth-order valence-electron chi connectivity index (χ4n) is 6.47. The van der Waals surface area contributed by atoms with Gasteiger partial charge in [0.05, 0.1) is 6.54 Å². The van der Waals surface area contributed by atoms with E-state index < -0.39 is 5.97 Å². The molecular formula is C36H39N7O6. The third kappa shape index (κ3) is 6.96. The van der Waals surface area contributed by atoms with Crippen LogP contribution in [0.3, 0.4) is 0 Å². The second-order valence-electron chi connectivity index (χ2n) is 13.0. The fraction of sp³-hybridized carbons (Fsp3) is 0.333. The molecule has 2 amide bonds. The lowest BCUT2D eigenvalue weighted by Crippen LogP contribution is -2.41. The first-order valence-corrected chi connectivity index (χ1v) is 16.1. The van der Waals surface area contributed by atoms with Crippen molar-refractivity contribution in [1.29, 1.82) is 0 Å². The van der Waals surface area contributed by atoms with Crippen molar-refractivity contribution in [3.05, 3.63) is 94.3 Å². The number of anilines is 3. The molecule has 0 atom stereocenters. The summed E-state index contributed by atoms with van der Waals surface area (Å²) in [6.07, 6.45) is 6.33. The summed E-state index contributed by atoms with van der Waals surface area (Å²) in [5.41, 5.74) is 5.00. The van der Waals surface area contributed by atoms with Gasteiger partial charge in [-0.15, -0.1) is 0 Å². The molecule has 2 aliphatic rings. The number of nitrogens with one attached hydrogen (secondary N) is 2. The number of rotatable bonds is 11. The van der Waals surface area contributed by atoms with Crippen molar-refractivity contribution < 1.29 is 23.9 Å². The fourth-order valence-corrected chi connectivity index (χ4v) is 6.47. The summed E-state index contributed by atoms with van der Waals surface area (Å²) in [5.74, 6) is 0.138. The molecule has 1 aliphatic carbocycles. The molecule has 0 aromatic carbocycles. The van der Waals surface area contributed by atoms with E-state index in [-0.39, 0.29) is 48.2 Å². The van der Waals surface area contributed by atoms with Crippen molar-refractivity contribution in [2.24, 2.45) is 12.5 Å². The number of fused-ring (bicyclic) bond motifs is 3. The molecule has 0 spiro atoms.